The molecule has 1 unspecified atom stereocenters. The number of aromatic nitrogens is 4. The minimum Gasteiger partial charge on any atom is -0.338 e. The van der Waals surface area contributed by atoms with Gasteiger partial charge >= 0.3 is 0 Å². The third kappa shape index (κ3) is 2.87. The lowest BCUT2D eigenvalue weighted by Gasteiger charge is -2.16. The Morgan fingerprint density at radius 2 is 2.00 bits per heavy atom. The molecule has 0 amide bonds. The van der Waals surface area contributed by atoms with Crippen LogP contribution in [0, 0.1) is 13.8 Å². The highest BCUT2D eigenvalue weighted by molar-refractivity contribution is 5.25. The summed E-state index contributed by atoms with van der Waals surface area (Å²) < 4.78 is 4.03. The molecule has 104 valence electrons. The lowest BCUT2D eigenvalue weighted by Crippen LogP contribution is -2.31. The van der Waals surface area contributed by atoms with Gasteiger partial charge in [0.15, 0.2) is 0 Å². The molecule has 2 aromatic heterocycles. The van der Waals surface area contributed by atoms with E-state index in [0.717, 1.165) is 24.4 Å². The summed E-state index contributed by atoms with van der Waals surface area (Å²) in [6, 6.07) is 0.378. The Balaban J connectivity index is 2.13. The van der Waals surface area contributed by atoms with Crippen molar-refractivity contribution in [3.8, 4) is 0 Å². The van der Waals surface area contributed by atoms with E-state index < -0.39 is 0 Å². The van der Waals surface area contributed by atoms with Gasteiger partial charge in [0.1, 0.15) is 5.82 Å². The average Bonchev–Trinajstić information content (AvgIpc) is 2.87. The summed E-state index contributed by atoms with van der Waals surface area (Å²) in [5.74, 6) is 1.11. The van der Waals surface area contributed by atoms with Crippen molar-refractivity contribution in [2.75, 3.05) is 7.05 Å². The van der Waals surface area contributed by atoms with Gasteiger partial charge in [0, 0.05) is 44.6 Å². The SMILES string of the molecule is CNC(Cc1c(C)nn(C)c1C)Cc1nccn1C. The van der Waals surface area contributed by atoms with Crippen LogP contribution in [0.1, 0.15) is 22.8 Å². The number of hydrogen-bond donors (Lipinski definition) is 1. The van der Waals surface area contributed by atoms with Gasteiger partial charge in [-0.1, -0.05) is 0 Å². The fourth-order valence-corrected chi connectivity index (χ4v) is 2.45. The summed E-state index contributed by atoms with van der Waals surface area (Å²) in [7, 11) is 6.04. The van der Waals surface area contributed by atoms with Crippen molar-refractivity contribution < 1.29 is 0 Å². The molecule has 1 atom stereocenters. The van der Waals surface area contributed by atoms with E-state index in [2.05, 4.69) is 33.8 Å². The molecule has 0 aliphatic carbocycles. The second-order valence-corrected chi connectivity index (χ2v) is 5.12. The average molecular weight is 261 g/mol. The number of hydrogen-bond acceptors (Lipinski definition) is 3. The molecule has 5 nitrogen and oxygen atoms in total. The third-order valence-electron chi connectivity index (χ3n) is 3.87. The van der Waals surface area contributed by atoms with Crippen LogP contribution < -0.4 is 5.32 Å². The largest absolute Gasteiger partial charge is 0.338 e. The summed E-state index contributed by atoms with van der Waals surface area (Å²) in [6.45, 7) is 4.21. The highest BCUT2D eigenvalue weighted by atomic mass is 15.3. The summed E-state index contributed by atoms with van der Waals surface area (Å²) in [4.78, 5) is 4.40. The van der Waals surface area contributed by atoms with Crippen molar-refractivity contribution in [1.29, 1.82) is 0 Å². The van der Waals surface area contributed by atoms with Crippen molar-refractivity contribution in [2.24, 2.45) is 14.1 Å². The van der Waals surface area contributed by atoms with Gasteiger partial charge in [0.05, 0.1) is 5.69 Å². The first-order chi connectivity index (χ1) is 9.02. The van der Waals surface area contributed by atoms with Gasteiger partial charge < -0.3 is 9.88 Å². The summed E-state index contributed by atoms with van der Waals surface area (Å²) in [5, 5.41) is 7.87. The number of imidazole rings is 1. The molecule has 5 heteroatoms. The van der Waals surface area contributed by atoms with Crippen LogP contribution in [0.5, 0.6) is 0 Å². The van der Waals surface area contributed by atoms with Crippen LogP contribution in [-0.2, 0) is 26.9 Å². The first-order valence-corrected chi connectivity index (χ1v) is 6.65. The second kappa shape index (κ2) is 5.57. The van der Waals surface area contributed by atoms with E-state index in [4.69, 9.17) is 0 Å². The van der Waals surface area contributed by atoms with E-state index in [9.17, 15) is 0 Å². The van der Waals surface area contributed by atoms with Gasteiger partial charge in [0.25, 0.3) is 0 Å². The number of nitrogens with zero attached hydrogens (tertiary/aromatic N) is 4. The van der Waals surface area contributed by atoms with E-state index in [1.807, 2.05) is 38.2 Å². The van der Waals surface area contributed by atoms with E-state index in [1.165, 1.54) is 11.3 Å². The molecule has 2 aromatic rings. The summed E-state index contributed by atoms with van der Waals surface area (Å²) >= 11 is 0. The predicted octanol–water partition coefficient (Wildman–Crippen LogP) is 1.14. The van der Waals surface area contributed by atoms with Gasteiger partial charge in [-0.3, -0.25) is 4.68 Å². The van der Waals surface area contributed by atoms with E-state index in [-0.39, 0.29) is 0 Å². The summed E-state index contributed by atoms with van der Waals surface area (Å²) in [6.07, 6.45) is 5.74. The van der Waals surface area contributed by atoms with Crippen molar-refractivity contribution in [1.82, 2.24) is 24.6 Å². The molecule has 1 N–H and O–H groups in total. The molecule has 2 rings (SSSR count). The molecule has 0 fully saturated rings. The zero-order chi connectivity index (χ0) is 14.0. The molecule has 0 aromatic carbocycles. The molecule has 0 saturated heterocycles. The van der Waals surface area contributed by atoms with E-state index in [1.54, 1.807) is 0 Å². The molecule has 0 spiro atoms. The maximum Gasteiger partial charge on any atom is 0.109 e. The van der Waals surface area contributed by atoms with Crippen LogP contribution in [0.2, 0.25) is 0 Å². The Morgan fingerprint density at radius 3 is 2.47 bits per heavy atom. The number of rotatable bonds is 5. The minimum absolute atomic E-state index is 0.378. The zero-order valence-corrected chi connectivity index (χ0v) is 12.4. The van der Waals surface area contributed by atoms with Crippen LogP contribution in [0.15, 0.2) is 12.4 Å². The van der Waals surface area contributed by atoms with Gasteiger partial charge in [-0.15, -0.1) is 0 Å². The van der Waals surface area contributed by atoms with Crippen molar-refractivity contribution >= 4 is 0 Å². The Morgan fingerprint density at radius 1 is 1.26 bits per heavy atom. The number of aryl methyl sites for hydroxylation is 3. The van der Waals surface area contributed by atoms with Crippen molar-refractivity contribution in [2.45, 2.75) is 32.7 Å². The van der Waals surface area contributed by atoms with E-state index >= 15 is 0 Å². The normalized spacial score (nSPS) is 12.9. The highest BCUT2D eigenvalue weighted by Crippen LogP contribution is 2.15. The molecule has 19 heavy (non-hydrogen) atoms. The first kappa shape index (κ1) is 13.8. The predicted molar refractivity (Wildman–Crippen MR) is 76.1 cm³/mol. The Bertz CT molecular complexity index is 552. The first-order valence-electron chi connectivity index (χ1n) is 6.65. The topological polar surface area (TPSA) is 47.7 Å². The fraction of sp³-hybridized carbons (Fsp3) is 0.571. The lowest BCUT2D eigenvalue weighted by atomic mass is 10.0. The smallest absolute Gasteiger partial charge is 0.109 e. The van der Waals surface area contributed by atoms with Gasteiger partial charge in [-0.25, -0.2) is 4.98 Å². The molecule has 0 bridgehead atoms. The standard InChI is InChI=1S/C14H23N5/c1-10-13(11(2)19(5)17-10)8-12(15-3)9-14-16-6-7-18(14)4/h6-7,12,15H,8-9H2,1-5H3. The van der Waals surface area contributed by atoms with Gasteiger partial charge in [-0.2, -0.15) is 5.10 Å². The maximum atomic E-state index is 4.48. The fourth-order valence-electron chi connectivity index (χ4n) is 2.45. The number of likely N-dealkylation sites (N-methyl/N-ethyl adjacent to an activating group) is 1. The molecular weight excluding hydrogens is 238 g/mol. The Hall–Kier alpha value is -1.62. The van der Waals surface area contributed by atoms with Crippen LogP contribution >= 0.6 is 0 Å². The minimum atomic E-state index is 0.378. The quantitative estimate of drug-likeness (QED) is 0.878. The number of nitrogens with one attached hydrogen (secondary N) is 1. The molecule has 0 aliphatic rings. The zero-order valence-electron chi connectivity index (χ0n) is 12.4. The maximum absolute atomic E-state index is 4.48. The Kier molecular flexibility index (Phi) is 4.04. The monoisotopic (exact) mass is 261 g/mol. The second-order valence-electron chi connectivity index (χ2n) is 5.12. The molecule has 0 aliphatic heterocycles. The van der Waals surface area contributed by atoms with Crippen LogP contribution in [-0.4, -0.2) is 32.4 Å². The van der Waals surface area contributed by atoms with Gasteiger partial charge in [0.2, 0.25) is 0 Å². The van der Waals surface area contributed by atoms with Crippen LogP contribution in [0.25, 0.3) is 0 Å². The van der Waals surface area contributed by atoms with Crippen molar-refractivity contribution in [3.63, 3.8) is 0 Å². The lowest BCUT2D eigenvalue weighted by molar-refractivity contribution is 0.532. The molecule has 2 heterocycles. The molecular formula is C14H23N5. The van der Waals surface area contributed by atoms with Crippen molar-refractivity contribution in [3.05, 3.63) is 35.2 Å². The molecule has 0 saturated carbocycles. The summed E-state index contributed by atoms with van der Waals surface area (Å²) in [5.41, 5.74) is 3.72. The Labute approximate surface area is 114 Å². The third-order valence-corrected chi connectivity index (χ3v) is 3.87. The van der Waals surface area contributed by atoms with Crippen LogP contribution in [0.4, 0.5) is 0 Å². The molecule has 0 radical (unpaired) electrons. The van der Waals surface area contributed by atoms with E-state index in [0.29, 0.717) is 6.04 Å². The van der Waals surface area contributed by atoms with Gasteiger partial charge in [-0.05, 0) is 32.9 Å². The van der Waals surface area contributed by atoms with Crippen LogP contribution in [0.3, 0.4) is 0 Å². The highest BCUT2D eigenvalue weighted by Gasteiger charge is 2.16.